The Morgan fingerprint density at radius 2 is 2.00 bits per heavy atom. The molecule has 1 atom stereocenters. The lowest BCUT2D eigenvalue weighted by atomic mass is 10.0. The van der Waals surface area contributed by atoms with Gasteiger partial charge in [0.2, 0.25) is 0 Å². The molecule has 0 bridgehead atoms. The lowest BCUT2D eigenvalue weighted by molar-refractivity contribution is -0.140. The number of aromatic amines is 1. The van der Waals surface area contributed by atoms with Crippen molar-refractivity contribution in [1.29, 1.82) is 0 Å². The third-order valence-corrected chi connectivity index (χ3v) is 3.53. The monoisotopic (exact) mass is 293 g/mol. The van der Waals surface area contributed by atoms with Gasteiger partial charge in [-0.1, -0.05) is 13.8 Å². The molecule has 1 aliphatic carbocycles. The number of carbonyl (C=O) groups is 2. The molecule has 0 aliphatic heterocycles. The first kappa shape index (κ1) is 15.2. The molecule has 2 rings (SSSR count). The van der Waals surface area contributed by atoms with Crippen molar-refractivity contribution in [3.63, 3.8) is 0 Å². The van der Waals surface area contributed by atoms with Gasteiger partial charge in [0, 0.05) is 5.92 Å². The van der Waals surface area contributed by atoms with Gasteiger partial charge in [-0.05, 0) is 25.7 Å². The number of carbonyl (C=O) groups excluding carboxylic acids is 1. The fraction of sp³-hybridized carbons (Fsp3) is 0.571. The molecule has 1 aromatic heterocycles. The molecular formula is C14H19N3O4. The van der Waals surface area contributed by atoms with E-state index in [9.17, 15) is 14.4 Å². The van der Waals surface area contributed by atoms with Crippen LogP contribution in [0.1, 0.15) is 54.5 Å². The summed E-state index contributed by atoms with van der Waals surface area (Å²) in [5.41, 5.74) is -0.313. The molecule has 0 spiro atoms. The van der Waals surface area contributed by atoms with Crippen LogP contribution in [-0.4, -0.2) is 33.0 Å². The van der Waals surface area contributed by atoms with Gasteiger partial charge in [0.25, 0.3) is 11.5 Å². The van der Waals surface area contributed by atoms with Gasteiger partial charge < -0.3 is 15.4 Å². The molecule has 1 heterocycles. The van der Waals surface area contributed by atoms with Gasteiger partial charge in [-0.15, -0.1) is 0 Å². The van der Waals surface area contributed by atoms with Crippen molar-refractivity contribution in [2.45, 2.75) is 45.6 Å². The first-order chi connectivity index (χ1) is 9.81. The molecule has 0 radical (unpaired) electrons. The Balaban J connectivity index is 2.27. The molecule has 1 saturated carbocycles. The maximum absolute atomic E-state index is 12.2. The third-order valence-electron chi connectivity index (χ3n) is 3.53. The predicted octanol–water partition coefficient (Wildman–Crippen LogP) is 0.795. The van der Waals surface area contributed by atoms with E-state index in [0.29, 0.717) is 11.5 Å². The van der Waals surface area contributed by atoms with Crippen LogP contribution >= 0.6 is 0 Å². The summed E-state index contributed by atoms with van der Waals surface area (Å²) < 4.78 is 0. The fourth-order valence-electron chi connectivity index (χ4n) is 2.15. The van der Waals surface area contributed by atoms with E-state index in [2.05, 4.69) is 15.3 Å². The molecular weight excluding hydrogens is 274 g/mol. The molecule has 0 saturated heterocycles. The minimum absolute atomic E-state index is 0.119. The average molecular weight is 293 g/mol. The van der Waals surface area contributed by atoms with Crippen LogP contribution in [0.2, 0.25) is 0 Å². The summed E-state index contributed by atoms with van der Waals surface area (Å²) in [6.07, 6.45) is 1.98. The number of nitrogens with one attached hydrogen (secondary N) is 2. The highest BCUT2D eigenvalue weighted by molar-refractivity contribution is 5.97. The van der Waals surface area contributed by atoms with Gasteiger partial charge >= 0.3 is 5.97 Å². The predicted molar refractivity (Wildman–Crippen MR) is 75.3 cm³/mol. The van der Waals surface area contributed by atoms with Crippen molar-refractivity contribution in [3.05, 3.63) is 27.4 Å². The van der Waals surface area contributed by atoms with Crippen LogP contribution in [0.15, 0.2) is 4.79 Å². The number of rotatable bonds is 5. The molecule has 114 valence electrons. The van der Waals surface area contributed by atoms with Gasteiger partial charge in [-0.2, -0.15) is 0 Å². The van der Waals surface area contributed by atoms with Crippen molar-refractivity contribution < 1.29 is 14.7 Å². The molecule has 1 aliphatic rings. The molecule has 1 aromatic rings. The van der Waals surface area contributed by atoms with Crippen molar-refractivity contribution in [1.82, 2.24) is 15.3 Å². The van der Waals surface area contributed by atoms with Crippen LogP contribution in [0, 0.1) is 12.8 Å². The number of carboxylic acid groups (broad SMARTS) is 1. The van der Waals surface area contributed by atoms with E-state index in [1.165, 1.54) is 0 Å². The van der Waals surface area contributed by atoms with Gasteiger partial charge in [-0.25, -0.2) is 9.78 Å². The maximum Gasteiger partial charge on any atom is 0.326 e. The fourth-order valence-corrected chi connectivity index (χ4v) is 2.15. The number of hydrogen-bond donors (Lipinski definition) is 3. The second-order valence-corrected chi connectivity index (χ2v) is 5.72. The van der Waals surface area contributed by atoms with E-state index in [4.69, 9.17) is 5.11 Å². The number of hydrogen-bond acceptors (Lipinski definition) is 4. The summed E-state index contributed by atoms with van der Waals surface area (Å²) in [5.74, 6) is -1.24. The van der Waals surface area contributed by atoms with Crippen LogP contribution < -0.4 is 10.9 Å². The molecule has 1 fully saturated rings. The molecule has 1 amide bonds. The Morgan fingerprint density at radius 3 is 2.43 bits per heavy atom. The normalized spacial score (nSPS) is 15.8. The largest absolute Gasteiger partial charge is 0.480 e. The van der Waals surface area contributed by atoms with Gasteiger partial charge in [0.15, 0.2) is 0 Å². The van der Waals surface area contributed by atoms with Gasteiger partial charge in [0.05, 0.1) is 5.69 Å². The van der Waals surface area contributed by atoms with Crippen LogP contribution in [0.25, 0.3) is 0 Å². The second-order valence-electron chi connectivity index (χ2n) is 5.72. The van der Waals surface area contributed by atoms with Gasteiger partial charge in [0.1, 0.15) is 17.4 Å². The number of aryl methyl sites for hydroxylation is 1. The summed E-state index contributed by atoms with van der Waals surface area (Å²) in [6.45, 7) is 4.95. The molecule has 0 unspecified atom stereocenters. The average Bonchev–Trinajstić information content (AvgIpc) is 3.18. The van der Waals surface area contributed by atoms with Gasteiger partial charge in [-0.3, -0.25) is 9.59 Å². The van der Waals surface area contributed by atoms with Crippen molar-refractivity contribution in [3.8, 4) is 0 Å². The zero-order valence-corrected chi connectivity index (χ0v) is 12.3. The minimum Gasteiger partial charge on any atom is -0.480 e. The zero-order chi connectivity index (χ0) is 15.7. The van der Waals surface area contributed by atoms with E-state index < -0.39 is 23.5 Å². The summed E-state index contributed by atoms with van der Waals surface area (Å²) in [7, 11) is 0. The summed E-state index contributed by atoms with van der Waals surface area (Å²) >= 11 is 0. The van der Waals surface area contributed by atoms with Crippen LogP contribution in [0.5, 0.6) is 0 Å². The number of aliphatic carboxylic acids is 1. The molecule has 7 heteroatoms. The zero-order valence-electron chi connectivity index (χ0n) is 12.3. The quantitative estimate of drug-likeness (QED) is 0.743. The lowest BCUT2D eigenvalue weighted by Gasteiger charge is -2.18. The molecule has 21 heavy (non-hydrogen) atoms. The highest BCUT2D eigenvalue weighted by atomic mass is 16.4. The Labute approximate surface area is 121 Å². The summed E-state index contributed by atoms with van der Waals surface area (Å²) in [4.78, 5) is 42.2. The smallest absolute Gasteiger partial charge is 0.326 e. The van der Waals surface area contributed by atoms with Crippen LogP contribution in [0.3, 0.4) is 0 Å². The summed E-state index contributed by atoms with van der Waals surface area (Å²) in [6, 6.07) is -1.04. The highest BCUT2D eigenvalue weighted by Gasteiger charge is 2.29. The number of aromatic nitrogens is 2. The standard InChI is InChI=1S/C14H19N3O4/c1-6(2)10(14(20)21)16-12(18)9-7(3)15-11(8-4-5-8)17-13(9)19/h6,8,10H,4-5H2,1-3H3,(H,16,18)(H,20,21)(H,15,17,19)/t10-/m0/s1. The summed E-state index contributed by atoms with van der Waals surface area (Å²) in [5, 5.41) is 11.5. The van der Waals surface area contributed by atoms with E-state index in [1.54, 1.807) is 20.8 Å². The third kappa shape index (κ3) is 3.29. The SMILES string of the molecule is Cc1nc(C2CC2)[nH]c(=O)c1C(=O)N[C@H](C(=O)O)C(C)C. The first-order valence-electron chi connectivity index (χ1n) is 6.95. The lowest BCUT2D eigenvalue weighted by Crippen LogP contribution is -2.46. The Kier molecular flexibility index (Phi) is 4.11. The Morgan fingerprint density at radius 1 is 1.38 bits per heavy atom. The molecule has 3 N–H and O–H groups in total. The van der Waals surface area contributed by atoms with E-state index in [1.807, 2.05) is 0 Å². The first-order valence-corrected chi connectivity index (χ1v) is 6.95. The molecule has 0 aromatic carbocycles. The van der Waals surface area contributed by atoms with Crippen molar-refractivity contribution >= 4 is 11.9 Å². The Hall–Kier alpha value is -2.18. The second kappa shape index (κ2) is 5.67. The highest BCUT2D eigenvalue weighted by Crippen LogP contribution is 2.37. The number of carboxylic acids is 1. The number of nitrogens with zero attached hydrogens (tertiary/aromatic N) is 1. The van der Waals surface area contributed by atoms with Crippen molar-refractivity contribution in [2.24, 2.45) is 5.92 Å². The van der Waals surface area contributed by atoms with E-state index in [0.717, 1.165) is 12.8 Å². The molecule has 7 nitrogen and oxygen atoms in total. The topological polar surface area (TPSA) is 112 Å². The maximum atomic E-state index is 12.2. The van der Waals surface area contributed by atoms with Crippen LogP contribution in [-0.2, 0) is 4.79 Å². The van der Waals surface area contributed by atoms with Crippen LogP contribution in [0.4, 0.5) is 0 Å². The van der Waals surface area contributed by atoms with E-state index in [-0.39, 0.29) is 17.4 Å². The number of amides is 1. The minimum atomic E-state index is -1.13. The number of H-pyrrole nitrogens is 1. The van der Waals surface area contributed by atoms with Crippen molar-refractivity contribution in [2.75, 3.05) is 0 Å². The van der Waals surface area contributed by atoms with E-state index >= 15 is 0 Å². The Bertz CT molecular complexity index is 632.